The number of rotatable bonds is 4. The molecule has 9 heteroatoms. The Labute approximate surface area is 175 Å². The molecule has 0 saturated carbocycles. The number of benzene rings is 1. The van der Waals surface area contributed by atoms with Gasteiger partial charge in [-0.05, 0) is 43.1 Å². The van der Waals surface area contributed by atoms with Crippen LogP contribution in [-0.4, -0.2) is 27.2 Å². The summed E-state index contributed by atoms with van der Waals surface area (Å²) in [6.45, 7) is 2.82. The monoisotopic (exact) mass is 435 g/mol. The molecule has 1 aromatic carbocycles. The second kappa shape index (κ2) is 7.96. The van der Waals surface area contributed by atoms with Gasteiger partial charge in [-0.3, -0.25) is 14.3 Å². The van der Waals surface area contributed by atoms with E-state index in [1.54, 1.807) is 12.1 Å². The Morgan fingerprint density at radius 3 is 2.63 bits per heavy atom. The van der Waals surface area contributed by atoms with Crippen LogP contribution in [0.15, 0.2) is 35.1 Å². The van der Waals surface area contributed by atoms with Crippen molar-refractivity contribution in [3.8, 4) is 11.3 Å². The van der Waals surface area contributed by atoms with E-state index in [4.69, 9.17) is 17.0 Å². The van der Waals surface area contributed by atoms with Crippen molar-refractivity contribution in [1.29, 1.82) is 0 Å². The maximum Gasteiger partial charge on any atom is 0.417 e. The highest BCUT2D eigenvalue weighted by molar-refractivity contribution is 7.71. The van der Waals surface area contributed by atoms with Gasteiger partial charge in [0.2, 0.25) is 0 Å². The highest BCUT2D eigenvalue weighted by Gasteiger charge is 2.35. The van der Waals surface area contributed by atoms with Crippen molar-refractivity contribution in [2.45, 2.75) is 45.0 Å². The number of hydrogen-bond donors (Lipinski definition) is 1. The van der Waals surface area contributed by atoms with Crippen LogP contribution in [0.5, 0.6) is 0 Å². The van der Waals surface area contributed by atoms with E-state index < -0.39 is 22.7 Å². The second-order valence-electron chi connectivity index (χ2n) is 7.31. The first-order valence-corrected chi connectivity index (χ1v) is 10.1. The quantitative estimate of drug-likeness (QED) is 0.594. The average molecular weight is 435 g/mol. The van der Waals surface area contributed by atoms with Gasteiger partial charge in [-0.2, -0.15) is 13.2 Å². The first kappa shape index (κ1) is 20.7. The Hall–Kier alpha value is -2.52. The minimum Gasteiger partial charge on any atom is -0.376 e. The van der Waals surface area contributed by atoms with Gasteiger partial charge in [0, 0.05) is 12.2 Å². The van der Waals surface area contributed by atoms with Crippen LogP contribution in [0, 0.1) is 4.77 Å². The molecule has 0 spiro atoms. The molecule has 1 atom stereocenters. The predicted molar refractivity (Wildman–Crippen MR) is 110 cm³/mol. The number of pyridine rings is 1. The van der Waals surface area contributed by atoms with Gasteiger partial charge >= 0.3 is 6.18 Å². The first-order valence-electron chi connectivity index (χ1n) is 9.74. The molecule has 0 unspecified atom stereocenters. The van der Waals surface area contributed by atoms with Crippen molar-refractivity contribution in [2.24, 2.45) is 0 Å². The summed E-state index contributed by atoms with van der Waals surface area (Å²) in [5.41, 5.74) is -0.268. The molecule has 2 aromatic heterocycles. The van der Waals surface area contributed by atoms with Crippen LogP contribution < -0.4 is 5.56 Å². The van der Waals surface area contributed by atoms with E-state index >= 15 is 0 Å². The average Bonchev–Trinajstić information content (AvgIpc) is 3.23. The lowest BCUT2D eigenvalue weighted by Gasteiger charge is -2.18. The van der Waals surface area contributed by atoms with Crippen molar-refractivity contribution in [3.05, 3.63) is 56.6 Å². The molecule has 1 fully saturated rings. The first-order chi connectivity index (χ1) is 14.3. The molecule has 158 valence electrons. The number of H-pyrrole nitrogens is 1. The summed E-state index contributed by atoms with van der Waals surface area (Å²) in [4.78, 5) is 19.3. The maximum absolute atomic E-state index is 13.9. The van der Waals surface area contributed by atoms with Gasteiger partial charge in [0.25, 0.3) is 5.56 Å². The number of aromatic nitrogens is 3. The van der Waals surface area contributed by atoms with Gasteiger partial charge in [0.1, 0.15) is 5.65 Å². The van der Waals surface area contributed by atoms with Crippen LogP contribution >= 0.6 is 12.2 Å². The zero-order chi connectivity index (χ0) is 21.5. The summed E-state index contributed by atoms with van der Waals surface area (Å²) in [6, 6.07) is 8.10. The van der Waals surface area contributed by atoms with Crippen LogP contribution in [0.4, 0.5) is 13.2 Å². The zero-order valence-corrected chi connectivity index (χ0v) is 17.1. The molecule has 1 aliphatic rings. The number of nitrogens with zero attached hydrogens (tertiary/aromatic N) is 2. The third-order valence-electron chi connectivity index (χ3n) is 5.32. The van der Waals surface area contributed by atoms with E-state index in [1.807, 2.05) is 19.1 Å². The zero-order valence-electron chi connectivity index (χ0n) is 16.3. The molecule has 4 rings (SSSR count). The number of halogens is 3. The topological polar surface area (TPSA) is 59.9 Å². The van der Waals surface area contributed by atoms with Gasteiger partial charge in [-0.25, -0.2) is 4.98 Å². The van der Waals surface area contributed by atoms with E-state index in [0.29, 0.717) is 12.2 Å². The van der Waals surface area contributed by atoms with Crippen LogP contribution in [0.2, 0.25) is 0 Å². The molecule has 3 heterocycles. The molecule has 0 amide bonds. The Kier molecular flexibility index (Phi) is 5.50. The lowest BCUT2D eigenvalue weighted by atomic mass is 10.0. The van der Waals surface area contributed by atoms with E-state index in [2.05, 4.69) is 9.97 Å². The summed E-state index contributed by atoms with van der Waals surface area (Å²) >= 11 is 5.26. The van der Waals surface area contributed by atoms with Gasteiger partial charge in [-0.1, -0.05) is 31.2 Å². The fourth-order valence-corrected chi connectivity index (χ4v) is 3.97. The summed E-state index contributed by atoms with van der Waals surface area (Å²) < 4.78 is 48.8. The molecule has 1 aliphatic heterocycles. The standard InChI is InChI=1S/C21H20F3N3O2S/c1-2-12-5-7-13(8-6-12)16-10-15(21(22,23)24)17-18(25-16)27(20(30)26-19(17)28)11-14-4-3-9-29-14/h5-8,10,14H,2-4,9,11H2,1H3,(H,26,28,30)/t14-/m1/s1. The van der Waals surface area contributed by atoms with E-state index in [-0.39, 0.29) is 28.8 Å². The highest BCUT2D eigenvalue weighted by Crippen LogP contribution is 2.35. The summed E-state index contributed by atoms with van der Waals surface area (Å²) in [5.74, 6) is 0. The molecular formula is C21H20F3N3O2S. The molecule has 30 heavy (non-hydrogen) atoms. The number of fused-ring (bicyclic) bond motifs is 1. The highest BCUT2D eigenvalue weighted by atomic mass is 32.1. The van der Waals surface area contributed by atoms with Crippen molar-refractivity contribution in [2.75, 3.05) is 6.61 Å². The number of alkyl halides is 3. The second-order valence-corrected chi connectivity index (χ2v) is 7.69. The molecule has 0 aliphatic carbocycles. The van der Waals surface area contributed by atoms with E-state index in [0.717, 1.165) is 30.9 Å². The molecule has 0 bridgehead atoms. The Morgan fingerprint density at radius 1 is 1.30 bits per heavy atom. The van der Waals surface area contributed by atoms with Crippen LogP contribution in [0.3, 0.4) is 0 Å². The van der Waals surface area contributed by atoms with Gasteiger partial charge in [-0.15, -0.1) is 0 Å². The minimum absolute atomic E-state index is 0.0297. The van der Waals surface area contributed by atoms with Crippen LogP contribution in [-0.2, 0) is 23.9 Å². The number of hydrogen-bond acceptors (Lipinski definition) is 4. The maximum atomic E-state index is 13.9. The third kappa shape index (κ3) is 3.91. The number of ether oxygens (including phenoxy) is 1. The van der Waals surface area contributed by atoms with Crippen molar-refractivity contribution in [1.82, 2.24) is 14.5 Å². The minimum atomic E-state index is -4.73. The van der Waals surface area contributed by atoms with Crippen molar-refractivity contribution in [3.63, 3.8) is 0 Å². The Morgan fingerprint density at radius 2 is 2.03 bits per heavy atom. The summed E-state index contributed by atoms with van der Waals surface area (Å²) in [6.07, 6.45) is -2.46. The molecule has 1 saturated heterocycles. The fraction of sp³-hybridized carbons (Fsp3) is 0.381. The van der Waals surface area contributed by atoms with Crippen molar-refractivity contribution < 1.29 is 17.9 Å². The largest absolute Gasteiger partial charge is 0.417 e. The number of aryl methyl sites for hydroxylation is 1. The molecule has 0 radical (unpaired) electrons. The lowest BCUT2D eigenvalue weighted by molar-refractivity contribution is -0.136. The van der Waals surface area contributed by atoms with Crippen LogP contribution in [0.1, 0.15) is 30.9 Å². The number of nitrogens with one attached hydrogen (secondary N) is 1. The van der Waals surface area contributed by atoms with Crippen LogP contribution in [0.25, 0.3) is 22.3 Å². The van der Waals surface area contributed by atoms with Gasteiger partial charge < -0.3 is 4.74 Å². The van der Waals surface area contributed by atoms with Gasteiger partial charge in [0.15, 0.2) is 4.77 Å². The molecular weight excluding hydrogens is 415 g/mol. The summed E-state index contributed by atoms with van der Waals surface area (Å²) in [7, 11) is 0. The molecule has 3 aromatic rings. The van der Waals surface area contributed by atoms with E-state index in [9.17, 15) is 18.0 Å². The predicted octanol–water partition coefficient (Wildman–Crippen LogP) is 4.88. The lowest BCUT2D eigenvalue weighted by Crippen LogP contribution is -2.24. The fourth-order valence-electron chi connectivity index (χ4n) is 3.72. The third-order valence-corrected chi connectivity index (χ3v) is 5.64. The smallest absolute Gasteiger partial charge is 0.376 e. The normalized spacial score (nSPS) is 17.0. The SMILES string of the molecule is CCc1ccc(-c2cc(C(F)(F)F)c3c(=O)[nH]c(=S)n(C[C@H]4CCCO4)c3n2)cc1. The van der Waals surface area contributed by atoms with Crippen molar-refractivity contribution >= 4 is 23.3 Å². The molecule has 5 nitrogen and oxygen atoms in total. The molecule has 1 N–H and O–H groups in total. The number of aromatic amines is 1. The summed E-state index contributed by atoms with van der Waals surface area (Å²) in [5, 5.41) is -0.511. The Balaban J connectivity index is 1.99. The Bertz CT molecular complexity index is 1190. The van der Waals surface area contributed by atoms with Gasteiger partial charge in [0.05, 0.1) is 29.3 Å². The van der Waals surface area contributed by atoms with E-state index in [1.165, 1.54) is 4.57 Å².